The molecular weight excluding hydrogens is 664 g/mol. The predicted molar refractivity (Wildman–Crippen MR) is 194 cm³/mol. The molecule has 0 saturated heterocycles. The van der Waals surface area contributed by atoms with Gasteiger partial charge in [-0.05, 0) is 54.0 Å². The first-order valence-electron chi connectivity index (χ1n) is 16.5. The van der Waals surface area contributed by atoms with Gasteiger partial charge in [-0.2, -0.15) is 0 Å². The Morgan fingerprint density at radius 3 is 1.98 bits per heavy atom. The molecule has 0 bridgehead atoms. The summed E-state index contributed by atoms with van der Waals surface area (Å²) < 4.78 is 27.4. The minimum absolute atomic E-state index is 0.0340. The van der Waals surface area contributed by atoms with Gasteiger partial charge in [0.25, 0.3) is 5.91 Å². The van der Waals surface area contributed by atoms with Crippen LogP contribution < -0.4 is 20.3 Å². The molecule has 3 aromatic carbocycles. The molecule has 0 radical (unpaired) electrons. The summed E-state index contributed by atoms with van der Waals surface area (Å²) in [6.45, 7) is 9.60. The Labute approximate surface area is 295 Å². The van der Waals surface area contributed by atoms with E-state index >= 15 is 0 Å². The van der Waals surface area contributed by atoms with Crippen LogP contribution >= 0.6 is 11.6 Å². The SMILES string of the molecule is CC(C)C[C@H](NC(=O)c1ccc(Cl)c(N(C)S(=O)(=O)Cc2ccccc2)c1)[C@@H](O)C[C@@H](C)C(=O)N[C@H](C(=O)NCc1ccccc1)C(C)C. The standard InChI is InChI=1S/C37H49ClN4O6S/c1-24(2)19-31(33(43)20-26(5)35(44)41-34(25(3)4)37(46)39-22-27-13-9-7-10-14-27)40-36(45)29-17-18-30(38)32(21-29)42(6)49(47,48)23-28-15-11-8-12-16-28/h7-18,21,24-26,31,33-34,43H,19-20,22-23H2,1-6H3,(H,39,46)(H,40,45)(H,41,44)/t26-,31+,33+,34+/m1/s1. The zero-order valence-electron chi connectivity index (χ0n) is 29.0. The minimum Gasteiger partial charge on any atom is -0.391 e. The Kier molecular flexibility index (Phi) is 14.7. The fourth-order valence-corrected chi connectivity index (χ4v) is 6.91. The Morgan fingerprint density at radius 2 is 1.41 bits per heavy atom. The Bertz CT molecular complexity index is 1650. The molecule has 3 rings (SSSR count). The van der Waals surface area contributed by atoms with E-state index in [9.17, 15) is 27.9 Å². The van der Waals surface area contributed by atoms with Crippen LogP contribution in [0.4, 0.5) is 5.69 Å². The van der Waals surface area contributed by atoms with E-state index in [1.165, 1.54) is 25.2 Å². The summed E-state index contributed by atoms with van der Waals surface area (Å²) >= 11 is 6.40. The van der Waals surface area contributed by atoms with E-state index in [2.05, 4.69) is 16.0 Å². The number of halogens is 1. The molecule has 10 nitrogen and oxygen atoms in total. The summed E-state index contributed by atoms with van der Waals surface area (Å²) in [5, 5.41) is 20.0. The molecule has 0 aromatic heterocycles. The van der Waals surface area contributed by atoms with E-state index in [4.69, 9.17) is 11.6 Å². The van der Waals surface area contributed by atoms with E-state index < -0.39 is 40.0 Å². The van der Waals surface area contributed by atoms with Crippen molar-refractivity contribution in [3.63, 3.8) is 0 Å². The van der Waals surface area contributed by atoms with Gasteiger partial charge < -0.3 is 21.1 Å². The van der Waals surface area contributed by atoms with Crippen molar-refractivity contribution >= 4 is 45.0 Å². The average molecular weight is 713 g/mol. The van der Waals surface area contributed by atoms with Crippen molar-refractivity contribution < 1.29 is 27.9 Å². The number of amides is 3. The normalized spacial score (nSPS) is 14.1. The number of hydrogen-bond acceptors (Lipinski definition) is 6. The summed E-state index contributed by atoms with van der Waals surface area (Å²) in [5.41, 5.74) is 1.85. The quantitative estimate of drug-likeness (QED) is 0.150. The van der Waals surface area contributed by atoms with E-state index in [0.717, 1.165) is 9.87 Å². The number of aliphatic hydroxyl groups is 1. The van der Waals surface area contributed by atoms with Gasteiger partial charge in [0.05, 0.1) is 28.6 Å². The van der Waals surface area contributed by atoms with Crippen LogP contribution in [0.2, 0.25) is 5.02 Å². The fraction of sp³-hybridized carbons (Fsp3) is 0.432. The molecule has 0 aliphatic carbocycles. The third kappa shape index (κ3) is 11.9. The van der Waals surface area contributed by atoms with Gasteiger partial charge in [-0.3, -0.25) is 18.7 Å². The topological polar surface area (TPSA) is 145 Å². The van der Waals surface area contributed by atoms with Crippen LogP contribution in [0.25, 0.3) is 0 Å². The van der Waals surface area contributed by atoms with Crippen molar-refractivity contribution in [1.82, 2.24) is 16.0 Å². The lowest BCUT2D eigenvalue weighted by atomic mass is 9.91. The summed E-state index contributed by atoms with van der Waals surface area (Å²) in [7, 11) is -2.44. The van der Waals surface area contributed by atoms with E-state index in [0.29, 0.717) is 18.5 Å². The summed E-state index contributed by atoms with van der Waals surface area (Å²) in [6, 6.07) is 21.1. The third-order valence-electron chi connectivity index (χ3n) is 8.26. The number of hydrogen-bond donors (Lipinski definition) is 4. The maximum atomic E-state index is 13.5. The van der Waals surface area contributed by atoms with Gasteiger partial charge in [-0.15, -0.1) is 0 Å². The second kappa shape index (κ2) is 18.2. The van der Waals surface area contributed by atoms with Crippen LogP contribution in [-0.4, -0.2) is 56.5 Å². The molecule has 3 amide bonds. The van der Waals surface area contributed by atoms with Crippen LogP contribution in [0, 0.1) is 17.8 Å². The Morgan fingerprint density at radius 1 is 0.816 bits per heavy atom. The molecule has 0 heterocycles. The highest BCUT2D eigenvalue weighted by atomic mass is 35.5. The molecule has 0 unspecified atom stereocenters. The molecule has 49 heavy (non-hydrogen) atoms. The number of carbonyl (C=O) groups excluding carboxylic acids is 3. The number of nitrogens with one attached hydrogen (secondary N) is 3. The van der Waals surface area contributed by atoms with Crippen molar-refractivity contribution in [1.29, 1.82) is 0 Å². The van der Waals surface area contributed by atoms with Gasteiger partial charge in [-0.25, -0.2) is 8.42 Å². The molecule has 0 aliphatic heterocycles. The smallest absolute Gasteiger partial charge is 0.251 e. The second-order valence-corrected chi connectivity index (χ2v) is 15.6. The molecule has 12 heteroatoms. The van der Waals surface area contributed by atoms with Crippen LogP contribution in [0.5, 0.6) is 0 Å². The minimum atomic E-state index is -3.83. The predicted octanol–water partition coefficient (Wildman–Crippen LogP) is 5.30. The van der Waals surface area contributed by atoms with E-state index in [1.54, 1.807) is 37.3 Å². The van der Waals surface area contributed by atoms with Crippen molar-refractivity contribution in [2.45, 2.75) is 77.9 Å². The highest BCUT2D eigenvalue weighted by Gasteiger charge is 2.30. The summed E-state index contributed by atoms with van der Waals surface area (Å²) in [4.78, 5) is 39.7. The fourth-order valence-electron chi connectivity index (χ4n) is 5.36. The Hall–Kier alpha value is -3.93. The second-order valence-electron chi connectivity index (χ2n) is 13.2. The lowest BCUT2D eigenvalue weighted by Gasteiger charge is -2.29. The number of sulfonamides is 1. The monoisotopic (exact) mass is 712 g/mol. The third-order valence-corrected chi connectivity index (χ3v) is 10.3. The van der Waals surface area contributed by atoms with Crippen LogP contribution in [0.3, 0.4) is 0 Å². The lowest BCUT2D eigenvalue weighted by molar-refractivity contribution is -0.132. The maximum Gasteiger partial charge on any atom is 0.251 e. The highest BCUT2D eigenvalue weighted by Crippen LogP contribution is 2.29. The number of carbonyl (C=O) groups is 3. The van der Waals surface area contributed by atoms with Gasteiger partial charge in [0, 0.05) is 25.1 Å². The first-order chi connectivity index (χ1) is 23.1. The molecule has 266 valence electrons. The average Bonchev–Trinajstić information content (AvgIpc) is 3.05. The number of aliphatic hydroxyl groups excluding tert-OH is 1. The zero-order valence-corrected chi connectivity index (χ0v) is 30.6. The van der Waals surface area contributed by atoms with Gasteiger partial charge in [0.2, 0.25) is 21.8 Å². The first-order valence-corrected chi connectivity index (χ1v) is 18.5. The molecule has 3 aromatic rings. The zero-order chi connectivity index (χ0) is 36.3. The summed E-state index contributed by atoms with van der Waals surface area (Å²) in [5.74, 6) is -2.21. The highest BCUT2D eigenvalue weighted by molar-refractivity contribution is 7.92. The van der Waals surface area contributed by atoms with Crippen LogP contribution in [0.15, 0.2) is 78.9 Å². The van der Waals surface area contributed by atoms with Crippen LogP contribution in [0.1, 0.15) is 68.9 Å². The van der Waals surface area contributed by atoms with Gasteiger partial charge >= 0.3 is 0 Å². The van der Waals surface area contributed by atoms with Gasteiger partial charge in [0.1, 0.15) is 6.04 Å². The molecule has 0 saturated carbocycles. The summed E-state index contributed by atoms with van der Waals surface area (Å²) in [6.07, 6.45) is -0.632. The Balaban J connectivity index is 1.68. The molecule has 0 aliphatic rings. The first kappa shape index (κ1) is 39.5. The van der Waals surface area contributed by atoms with Crippen LogP contribution in [-0.2, 0) is 31.9 Å². The van der Waals surface area contributed by atoms with Crippen molar-refractivity contribution in [3.05, 3.63) is 101 Å². The number of rotatable bonds is 17. The number of nitrogens with zero attached hydrogens (tertiary/aromatic N) is 1. The molecule has 4 atom stereocenters. The van der Waals surface area contributed by atoms with Crippen molar-refractivity contribution in [2.75, 3.05) is 11.4 Å². The maximum absolute atomic E-state index is 13.5. The van der Waals surface area contributed by atoms with Gasteiger partial charge in [0.15, 0.2) is 0 Å². The number of benzene rings is 3. The largest absolute Gasteiger partial charge is 0.391 e. The van der Waals surface area contributed by atoms with Crippen molar-refractivity contribution in [3.8, 4) is 0 Å². The lowest BCUT2D eigenvalue weighted by Crippen LogP contribution is -2.51. The molecule has 4 N–H and O–H groups in total. The van der Waals surface area contributed by atoms with E-state index in [-0.39, 0.29) is 52.1 Å². The molecule has 0 fully saturated rings. The number of anilines is 1. The molecule has 0 spiro atoms. The molecular formula is C37H49ClN4O6S. The van der Waals surface area contributed by atoms with Gasteiger partial charge in [-0.1, -0.05) is 107 Å². The van der Waals surface area contributed by atoms with E-state index in [1.807, 2.05) is 58.0 Å². The van der Waals surface area contributed by atoms with Crippen molar-refractivity contribution in [2.24, 2.45) is 17.8 Å².